The largest absolute Gasteiger partial charge is 0.349 e. The number of likely N-dealkylation sites (tertiary alicyclic amines) is 1. The van der Waals surface area contributed by atoms with E-state index >= 15 is 4.39 Å². The van der Waals surface area contributed by atoms with E-state index in [0.717, 1.165) is 61.3 Å². The number of carbonyl (C=O) groups excluding carboxylic acids is 2. The van der Waals surface area contributed by atoms with E-state index in [-0.39, 0.29) is 34.9 Å². The highest BCUT2D eigenvalue weighted by atomic mass is 19.1. The van der Waals surface area contributed by atoms with E-state index in [9.17, 15) is 9.59 Å². The number of nitrogens with one attached hydrogen (secondary N) is 2. The van der Waals surface area contributed by atoms with Gasteiger partial charge in [-0.05, 0) is 93.6 Å². The van der Waals surface area contributed by atoms with E-state index < -0.39 is 5.82 Å². The van der Waals surface area contributed by atoms with Gasteiger partial charge in [0.2, 0.25) is 0 Å². The number of hydrogen-bond acceptors (Lipinski definition) is 4. The third kappa shape index (κ3) is 4.75. The van der Waals surface area contributed by atoms with Crippen molar-refractivity contribution in [3.63, 3.8) is 0 Å². The van der Waals surface area contributed by atoms with Gasteiger partial charge in [-0.3, -0.25) is 14.7 Å². The second-order valence-electron chi connectivity index (χ2n) is 12.3. The number of hydrogen-bond donors (Lipinski definition) is 2. The minimum Gasteiger partial charge on any atom is -0.349 e. The van der Waals surface area contributed by atoms with Gasteiger partial charge in [0.1, 0.15) is 5.82 Å². The third-order valence-corrected chi connectivity index (χ3v) is 8.70. The van der Waals surface area contributed by atoms with E-state index in [1.807, 2.05) is 37.3 Å². The quantitative estimate of drug-likeness (QED) is 0.494. The number of nitrogens with zero attached hydrogens (tertiary/aromatic N) is 3. The maximum Gasteiger partial charge on any atom is 0.257 e. The second-order valence-corrected chi connectivity index (χ2v) is 12.3. The summed E-state index contributed by atoms with van der Waals surface area (Å²) in [6.45, 7) is 8.69. The van der Waals surface area contributed by atoms with Crippen molar-refractivity contribution in [3.05, 3.63) is 75.7 Å². The number of aromatic nitrogens is 2. The lowest BCUT2D eigenvalue weighted by Crippen LogP contribution is -2.43. The van der Waals surface area contributed by atoms with Gasteiger partial charge in [0.05, 0.1) is 17.3 Å². The predicted octanol–water partition coefficient (Wildman–Crippen LogP) is 4.88. The normalized spacial score (nSPS) is 19.7. The molecule has 1 atom stereocenters. The zero-order valence-electron chi connectivity index (χ0n) is 23.1. The molecule has 0 radical (unpaired) electrons. The predicted molar refractivity (Wildman–Crippen MR) is 148 cm³/mol. The highest BCUT2D eigenvalue weighted by molar-refractivity contribution is 5.99. The van der Waals surface area contributed by atoms with Crippen LogP contribution in [-0.4, -0.2) is 58.0 Å². The molecule has 204 valence electrons. The van der Waals surface area contributed by atoms with Crippen molar-refractivity contribution in [1.29, 1.82) is 0 Å². The molecule has 0 bridgehead atoms. The Morgan fingerprint density at radius 1 is 1.15 bits per heavy atom. The lowest BCUT2D eigenvalue weighted by Gasteiger charge is -2.29. The molecule has 2 N–H and O–H groups in total. The standard InChI is InChI=1S/C31H36FN5O2/c1-18(19-5-7-20(8-6-19)29(38)33-23-9-11-36(4)12-10-23)37-17-22-13-21(14-25(32)27(22)30(37)39)28-24-15-31(2,3)16-26(24)34-35-28/h5-8,13-14,18,23H,9-12,15-17H2,1-4H3,(H,33,38)(H,34,35). The summed E-state index contributed by atoms with van der Waals surface area (Å²) in [6.07, 6.45) is 3.72. The van der Waals surface area contributed by atoms with Gasteiger partial charge in [0.15, 0.2) is 0 Å². The molecular weight excluding hydrogens is 493 g/mol. The molecule has 1 aromatic heterocycles. The summed E-state index contributed by atoms with van der Waals surface area (Å²) in [5.41, 5.74) is 6.25. The van der Waals surface area contributed by atoms with Crippen LogP contribution in [0, 0.1) is 11.2 Å². The molecule has 6 rings (SSSR count). The Morgan fingerprint density at radius 3 is 2.59 bits per heavy atom. The molecule has 39 heavy (non-hydrogen) atoms. The first kappa shape index (κ1) is 25.7. The summed E-state index contributed by atoms with van der Waals surface area (Å²) in [5.74, 6) is -0.882. The number of aromatic amines is 1. The van der Waals surface area contributed by atoms with Crippen LogP contribution in [0.25, 0.3) is 11.3 Å². The van der Waals surface area contributed by atoms with Crippen LogP contribution in [0.3, 0.4) is 0 Å². The Kier molecular flexibility index (Phi) is 6.33. The number of rotatable bonds is 5. The van der Waals surface area contributed by atoms with Crippen molar-refractivity contribution in [1.82, 2.24) is 25.3 Å². The maximum absolute atomic E-state index is 15.4. The van der Waals surface area contributed by atoms with Crippen LogP contribution in [0.1, 0.15) is 82.8 Å². The molecule has 3 heterocycles. The third-order valence-electron chi connectivity index (χ3n) is 8.70. The number of amides is 2. The van der Waals surface area contributed by atoms with E-state index in [2.05, 4.69) is 41.3 Å². The molecule has 3 aromatic rings. The summed E-state index contributed by atoms with van der Waals surface area (Å²) < 4.78 is 15.4. The minimum atomic E-state index is -0.503. The summed E-state index contributed by atoms with van der Waals surface area (Å²) in [6, 6.07) is 10.7. The van der Waals surface area contributed by atoms with Crippen LogP contribution in [0.5, 0.6) is 0 Å². The van der Waals surface area contributed by atoms with Gasteiger partial charge in [-0.15, -0.1) is 0 Å². The average Bonchev–Trinajstić information content (AvgIpc) is 3.54. The molecule has 2 aromatic carbocycles. The van der Waals surface area contributed by atoms with Crippen LogP contribution in [-0.2, 0) is 19.4 Å². The molecule has 8 heteroatoms. The molecular formula is C31H36FN5O2. The van der Waals surface area contributed by atoms with Crippen LogP contribution < -0.4 is 5.32 Å². The fourth-order valence-corrected chi connectivity index (χ4v) is 6.39. The van der Waals surface area contributed by atoms with E-state index in [0.29, 0.717) is 23.2 Å². The van der Waals surface area contributed by atoms with Crippen LogP contribution in [0.2, 0.25) is 0 Å². The second kappa shape index (κ2) is 9.59. The first-order valence-electron chi connectivity index (χ1n) is 13.9. The lowest BCUT2D eigenvalue weighted by atomic mass is 9.89. The molecule has 1 saturated heterocycles. The number of halogens is 1. The highest BCUT2D eigenvalue weighted by Crippen LogP contribution is 2.41. The van der Waals surface area contributed by atoms with E-state index in [1.165, 1.54) is 6.07 Å². The summed E-state index contributed by atoms with van der Waals surface area (Å²) >= 11 is 0. The summed E-state index contributed by atoms with van der Waals surface area (Å²) in [5, 5.41) is 10.8. The number of fused-ring (bicyclic) bond motifs is 2. The molecule has 0 spiro atoms. The number of H-pyrrole nitrogens is 1. The van der Waals surface area contributed by atoms with E-state index in [4.69, 9.17) is 0 Å². The molecule has 2 aliphatic heterocycles. The topological polar surface area (TPSA) is 81.3 Å². The molecule has 1 unspecified atom stereocenters. The zero-order valence-corrected chi connectivity index (χ0v) is 23.1. The van der Waals surface area contributed by atoms with Crippen LogP contribution >= 0.6 is 0 Å². The van der Waals surface area contributed by atoms with Gasteiger partial charge in [-0.1, -0.05) is 26.0 Å². The zero-order chi connectivity index (χ0) is 27.5. The summed E-state index contributed by atoms with van der Waals surface area (Å²) in [4.78, 5) is 30.1. The van der Waals surface area contributed by atoms with Crippen molar-refractivity contribution in [2.24, 2.45) is 5.41 Å². The SMILES string of the molecule is CC(c1ccc(C(=O)NC2CCN(C)CC2)cc1)N1Cc2cc(-c3n[nH]c4c3CC(C)(C)C4)cc(F)c2C1=O. The molecule has 1 fully saturated rings. The fraction of sp³-hybridized carbons (Fsp3) is 0.452. The Bertz CT molecular complexity index is 1440. The monoisotopic (exact) mass is 529 g/mol. The number of piperidine rings is 1. The van der Waals surface area contributed by atoms with Gasteiger partial charge in [0, 0.05) is 35.0 Å². The Morgan fingerprint density at radius 2 is 1.87 bits per heavy atom. The fourth-order valence-electron chi connectivity index (χ4n) is 6.39. The minimum absolute atomic E-state index is 0.0729. The van der Waals surface area contributed by atoms with Crippen molar-refractivity contribution in [2.45, 2.75) is 65.1 Å². The number of benzene rings is 2. The highest BCUT2D eigenvalue weighted by Gasteiger charge is 2.36. The van der Waals surface area contributed by atoms with Gasteiger partial charge < -0.3 is 15.1 Å². The Hall–Kier alpha value is -3.52. The molecule has 1 aliphatic carbocycles. The smallest absolute Gasteiger partial charge is 0.257 e. The Balaban J connectivity index is 1.17. The van der Waals surface area contributed by atoms with Crippen LogP contribution in [0.4, 0.5) is 4.39 Å². The number of carbonyl (C=O) groups is 2. The van der Waals surface area contributed by atoms with Crippen molar-refractivity contribution in [3.8, 4) is 11.3 Å². The lowest BCUT2D eigenvalue weighted by molar-refractivity contribution is 0.0712. The molecule has 3 aliphatic rings. The first-order valence-corrected chi connectivity index (χ1v) is 13.9. The van der Waals surface area contributed by atoms with Gasteiger partial charge >= 0.3 is 0 Å². The molecule has 0 saturated carbocycles. The van der Waals surface area contributed by atoms with Crippen molar-refractivity contribution < 1.29 is 14.0 Å². The molecule has 7 nitrogen and oxygen atoms in total. The Labute approximate surface area is 228 Å². The van der Waals surface area contributed by atoms with Gasteiger partial charge in [-0.2, -0.15) is 5.10 Å². The maximum atomic E-state index is 15.4. The van der Waals surface area contributed by atoms with E-state index in [1.54, 1.807) is 4.90 Å². The van der Waals surface area contributed by atoms with Crippen molar-refractivity contribution in [2.75, 3.05) is 20.1 Å². The molecule has 2 amide bonds. The summed E-state index contributed by atoms with van der Waals surface area (Å²) in [7, 11) is 2.10. The van der Waals surface area contributed by atoms with Crippen LogP contribution in [0.15, 0.2) is 36.4 Å². The van der Waals surface area contributed by atoms with Gasteiger partial charge in [-0.25, -0.2) is 4.39 Å². The average molecular weight is 530 g/mol. The van der Waals surface area contributed by atoms with Crippen molar-refractivity contribution >= 4 is 11.8 Å². The first-order chi connectivity index (χ1) is 18.6. The van der Waals surface area contributed by atoms with Gasteiger partial charge in [0.25, 0.3) is 11.8 Å².